The normalized spacial score (nSPS) is 19.4. The summed E-state index contributed by atoms with van der Waals surface area (Å²) < 4.78 is 5.35. The van der Waals surface area contributed by atoms with Crippen molar-refractivity contribution in [3.05, 3.63) is 57.9 Å². The van der Waals surface area contributed by atoms with E-state index in [9.17, 15) is 9.59 Å². The van der Waals surface area contributed by atoms with Gasteiger partial charge in [-0.3, -0.25) is 4.79 Å². The first-order chi connectivity index (χ1) is 15.8. The van der Waals surface area contributed by atoms with Crippen molar-refractivity contribution in [3.63, 3.8) is 0 Å². The fraction of sp³-hybridized carbons (Fsp3) is 0.586. The van der Waals surface area contributed by atoms with Crippen LogP contribution in [0.5, 0.6) is 0 Å². The summed E-state index contributed by atoms with van der Waals surface area (Å²) >= 11 is 0. The van der Waals surface area contributed by atoms with E-state index in [-0.39, 0.29) is 23.1 Å². The van der Waals surface area contributed by atoms with Crippen LogP contribution < -0.4 is 0 Å². The summed E-state index contributed by atoms with van der Waals surface area (Å²) in [6, 6.07) is 8.71. The second-order valence-corrected chi connectivity index (χ2v) is 11.0. The Labute approximate surface area is 198 Å². The number of carbonyl (C=O) groups excluding carboxylic acids is 2. The van der Waals surface area contributed by atoms with Crippen LogP contribution in [0, 0.1) is 5.92 Å². The molecule has 1 fully saturated rings. The van der Waals surface area contributed by atoms with Crippen molar-refractivity contribution in [1.82, 2.24) is 4.98 Å². The van der Waals surface area contributed by atoms with Crippen LogP contribution in [0.1, 0.15) is 122 Å². The molecule has 1 atom stereocenters. The zero-order valence-electron chi connectivity index (χ0n) is 20.8. The molecule has 2 aliphatic carbocycles. The van der Waals surface area contributed by atoms with Crippen molar-refractivity contribution in [2.75, 3.05) is 6.61 Å². The minimum Gasteiger partial charge on any atom is -0.461 e. The lowest BCUT2D eigenvalue weighted by molar-refractivity contribution is 0.0518. The van der Waals surface area contributed by atoms with E-state index in [2.05, 4.69) is 50.0 Å². The number of H-pyrrole nitrogens is 1. The van der Waals surface area contributed by atoms with Crippen LogP contribution in [0.4, 0.5) is 0 Å². The van der Waals surface area contributed by atoms with Gasteiger partial charge in [0.1, 0.15) is 5.69 Å². The Hall–Kier alpha value is -2.36. The van der Waals surface area contributed by atoms with E-state index in [4.69, 9.17) is 4.74 Å². The Morgan fingerprint density at radius 1 is 1.06 bits per heavy atom. The molecule has 1 aromatic carbocycles. The third kappa shape index (κ3) is 5.26. The quantitative estimate of drug-likeness (QED) is 0.487. The van der Waals surface area contributed by atoms with Gasteiger partial charge in [0.15, 0.2) is 5.78 Å². The van der Waals surface area contributed by atoms with E-state index in [0.717, 1.165) is 36.1 Å². The molecule has 1 aromatic heterocycles. The molecule has 1 heterocycles. The fourth-order valence-corrected chi connectivity index (χ4v) is 5.67. The van der Waals surface area contributed by atoms with Gasteiger partial charge in [-0.1, -0.05) is 77.1 Å². The molecule has 4 nitrogen and oxygen atoms in total. The SMILES string of the molecule is CCOC(=O)c1[nH]c2c(c1CCC1CCCCC1)C(=O)C[C@@H](c1ccc(C(C)(C)C)cc1)C2. The maximum absolute atomic E-state index is 13.4. The van der Waals surface area contributed by atoms with Crippen molar-refractivity contribution in [3.8, 4) is 0 Å². The summed E-state index contributed by atoms with van der Waals surface area (Å²) in [5.74, 6) is 0.669. The maximum atomic E-state index is 13.4. The minimum atomic E-state index is -0.329. The highest BCUT2D eigenvalue weighted by Crippen LogP contribution is 2.38. The third-order valence-corrected chi connectivity index (χ3v) is 7.60. The summed E-state index contributed by atoms with van der Waals surface area (Å²) in [5, 5.41) is 0. The molecule has 2 aromatic rings. The zero-order chi connectivity index (χ0) is 23.6. The molecular formula is C29H39NO3. The van der Waals surface area contributed by atoms with Gasteiger partial charge in [0.2, 0.25) is 0 Å². The van der Waals surface area contributed by atoms with Gasteiger partial charge in [-0.2, -0.15) is 0 Å². The molecule has 2 aliphatic rings. The Morgan fingerprint density at radius 3 is 2.39 bits per heavy atom. The number of aromatic nitrogens is 1. The molecule has 0 amide bonds. The highest BCUT2D eigenvalue weighted by Gasteiger charge is 2.34. The third-order valence-electron chi connectivity index (χ3n) is 7.60. The lowest BCUT2D eigenvalue weighted by atomic mass is 9.79. The summed E-state index contributed by atoms with van der Waals surface area (Å²) in [6.07, 6.45) is 9.54. The number of benzene rings is 1. The Kier molecular flexibility index (Phi) is 7.11. The van der Waals surface area contributed by atoms with Gasteiger partial charge in [0.05, 0.1) is 6.61 Å². The van der Waals surface area contributed by atoms with Crippen LogP contribution in [0.3, 0.4) is 0 Å². The standard InChI is InChI=1S/C29H39NO3/c1-5-33-28(32)27-23(16-11-19-9-7-6-8-10-19)26-24(30-27)17-21(18-25(26)31)20-12-14-22(15-13-20)29(2,3)4/h12-15,19,21,30H,5-11,16-18H2,1-4H3/t21-/m0/s1. The van der Waals surface area contributed by atoms with Gasteiger partial charge in [0.25, 0.3) is 0 Å². The molecule has 33 heavy (non-hydrogen) atoms. The van der Waals surface area contributed by atoms with Crippen molar-refractivity contribution < 1.29 is 14.3 Å². The second-order valence-electron chi connectivity index (χ2n) is 11.0. The topological polar surface area (TPSA) is 59.2 Å². The molecule has 0 spiro atoms. The minimum absolute atomic E-state index is 0.106. The van der Waals surface area contributed by atoms with Crippen LogP contribution in [0.15, 0.2) is 24.3 Å². The number of rotatable bonds is 6. The number of fused-ring (bicyclic) bond motifs is 1. The van der Waals surface area contributed by atoms with Crippen molar-refractivity contribution in [2.45, 2.75) is 96.8 Å². The number of ether oxygens (including phenoxy) is 1. The number of esters is 1. The number of aromatic amines is 1. The number of nitrogens with one attached hydrogen (secondary N) is 1. The van der Waals surface area contributed by atoms with E-state index in [1.807, 2.05) is 6.92 Å². The Bertz CT molecular complexity index is 987. The first-order valence-corrected chi connectivity index (χ1v) is 12.8. The van der Waals surface area contributed by atoms with E-state index in [1.54, 1.807) is 0 Å². The molecule has 4 heteroatoms. The Balaban J connectivity index is 1.60. The molecule has 178 valence electrons. The highest BCUT2D eigenvalue weighted by molar-refractivity contribution is 6.03. The molecular weight excluding hydrogens is 410 g/mol. The summed E-state index contributed by atoms with van der Waals surface area (Å²) in [7, 11) is 0. The number of hydrogen-bond donors (Lipinski definition) is 1. The molecule has 0 bridgehead atoms. The molecule has 1 saturated carbocycles. The maximum Gasteiger partial charge on any atom is 0.355 e. The molecule has 0 saturated heterocycles. The number of hydrogen-bond acceptors (Lipinski definition) is 3. The number of ketones is 1. The van der Waals surface area contributed by atoms with Gasteiger partial charge in [-0.15, -0.1) is 0 Å². The first-order valence-electron chi connectivity index (χ1n) is 12.8. The van der Waals surface area contributed by atoms with Gasteiger partial charge >= 0.3 is 5.97 Å². The highest BCUT2D eigenvalue weighted by atomic mass is 16.5. The molecule has 4 rings (SSSR count). The monoisotopic (exact) mass is 449 g/mol. The van der Waals surface area contributed by atoms with Gasteiger partial charge < -0.3 is 9.72 Å². The predicted molar refractivity (Wildman–Crippen MR) is 132 cm³/mol. The van der Waals surface area contributed by atoms with Gasteiger partial charge in [-0.25, -0.2) is 4.79 Å². The van der Waals surface area contributed by atoms with Crippen LogP contribution in [-0.2, 0) is 23.0 Å². The molecule has 0 unspecified atom stereocenters. The van der Waals surface area contributed by atoms with Crippen molar-refractivity contribution >= 4 is 11.8 Å². The van der Waals surface area contributed by atoms with E-state index in [0.29, 0.717) is 24.6 Å². The second kappa shape index (κ2) is 9.87. The van der Waals surface area contributed by atoms with Crippen LogP contribution in [0.25, 0.3) is 0 Å². The van der Waals surface area contributed by atoms with E-state index < -0.39 is 0 Å². The number of carbonyl (C=O) groups is 2. The average Bonchev–Trinajstić information content (AvgIpc) is 3.17. The van der Waals surface area contributed by atoms with Crippen molar-refractivity contribution in [2.24, 2.45) is 5.92 Å². The van der Waals surface area contributed by atoms with Crippen LogP contribution in [-0.4, -0.2) is 23.3 Å². The number of Topliss-reactive ketones (excluding diaryl/α,β-unsaturated/α-hetero) is 1. The van der Waals surface area contributed by atoms with E-state index in [1.165, 1.54) is 43.2 Å². The predicted octanol–water partition coefficient (Wildman–Crippen LogP) is 6.91. The van der Waals surface area contributed by atoms with E-state index >= 15 is 0 Å². The summed E-state index contributed by atoms with van der Waals surface area (Å²) in [6.45, 7) is 8.79. The smallest absolute Gasteiger partial charge is 0.355 e. The summed E-state index contributed by atoms with van der Waals surface area (Å²) in [5.41, 5.74) is 5.70. The zero-order valence-corrected chi connectivity index (χ0v) is 20.8. The van der Waals surface area contributed by atoms with Crippen molar-refractivity contribution in [1.29, 1.82) is 0 Å². The van der Waals surface area contributed by atoms with Crippen LogP contribution >= 0.6 is 0 Å². The summed E-state index contributed by atoms with van der Waals surface area (Å²) in [4.78, 5) is 29.5. The lowest BCUT2D eigenvalue weighted by Gasteiger charge is -2.25. The average molecular weight is 450 g/mol. The van der Waals surface area contributed by atoms with Gasteiger partial charge in [-0.05, 0) is 60.1 Å². The lowest BCUT2D eigenvalue weighted by Crippen LogP contribution is -2.20. The Morgan fingerprint density at radius 2 is 1.76 bits per heavy atom. The van der Waals surface area contributed by atoms with Crippen LogP contribution in [0.2, 0.25) is 0 Å². The first kappa shape index (κ1) is 23.8. The van der Waals surface area contributed by atoms with Gasteiger partial charge in [0, 0.05) is 17.7 Å². The molecule has 0 radical (unpaired) electrons. The fourth-order valence-electron chi connectivity index (χ4n) is 5.67. The largest absolute Gasteiger partial charge is 0.461 e. The molecule has 0 aliphatic heterocycles. The molecule has 1 N–H and O–H groups in total.